The number of hydrogen-bond acceptors (Lipinski definition) is 3. The summed E-state index contributed by atoms with van der Waals surface area (Å²) in [5.41, 5.74) is 0.422. The lowest BCUT2D eigenvalue weighted by Gasteiger charge is -2.33. The summed E-state index contributed by atoms with van der Waals surface area (Å²) >= 11 is 0. The molecule has 1 fully saturated rings. The first kappa shape index (κ1) is 15.5. The van der Waals surface area contributed by atoms with E-state index < -0.39 is 5.54 Å². The van der Waals surface area contributed by atoms with Crippen molar-refractivity contribution in [2.24, 2.45) is 0 Å². The van der Waals surface area contributed by atoms with Gasteiger partial charge in [0.1, 0.15) is 5.54 Å². The normalized spacial score (nSPS) is 18.3. The van der Waals surface area contributed by atoms with Crippen LogP contribution in [0.1, 0.15) is 38.7 Å². The molecular weight excluding hydrogens is 266 g/mol. The van der Waals surface area contributed by atoms with Crippen LogP contribution < -0.4 is 5.32 Å². The van der Waals surface area contributed by atoms with Crippen molar-refractivity contribution < 1.29 is 9.59 Å². The van der Waals surface area contributed by atoms with Crippen LogP contribution in [0.5, 0.6) is 0 Å². The zero-order chi connectivity index (χ0) is 15.3. The van der Waals surface area contributed by atoms with Crippen LogP contribution in [0.3, 0.4) is 0 Å². The van der Waals surface area contributed by atoms with Gasteiger partial charge in [-0.3, -0.25) is 14.6 Å². The van der Waals surface area contributed by atoms with E-state index in [-0.39, 0.29) is 11.8 Å². The average molecular weight is 289 g/mol. The Balaban J connectivity index is 2.11. The van der Waals surface area contributed by atoms with Gasteiger partial charge in [0.15, 0.2) is 0 Å². The van der Waals surface area contributed by atoms with Crippen LogP contribution in [-0.4, -0.2) is 40.3 Å². The van der Waals surface area contributed by atoms with E-state index in [9.17, 15) is 9.59 Å². The molecule has 0 radical (unpaired) electrons. The molecular formula is C16H23N3O2. The van der Waals surface area contributed by atoms with E-state index in [4.69, 9.17) is 0 Å². The number of aromatic nitrogens is 1. The Morgan fingerprint density at radius 3 is 2.52 bits per heavy atom. The smallest absolute Gasteiger partial charge is 0.248 e. The molecule has 114 valence electrons. The van der Waals surface area contributed by atoms with E-state index >= 15 is 0 Å². The number of carbonyl (C=O) groups is 2. The van der Waals surface area contributed by atoms with E-state index in [0.717, 1.165) is 12.0 Å². The second-order valence-corrected chi connectivity index (χ2v) is 5.49. The Morgan fingerprint density at radius 1 is 1.24 bits per heavy atom. The van der Waals surface area contributed by atoms with E-state index in [0.29, 0.717) is 32.4 Å². The monoisotopic (exact) mass is 289 g/mol. The Kier molecular flexibility index (Phi) is 4.94. The van der Waals surface area contributed by atoms with Gasteiger partial charge in [-0.15, -0.1) is 0 Å². The molecule has 2 amide bonds. The van der Waals surface area contributed by atoms with Crippen molar-refractivity contribution in [3.05, 3.63) is 30.1 Å². The van der Waals surface area contributed by atoms with Gasteiger partial charge in [0.2, 0.25) is 11.8 Å². The van der Waals surface area contributed by atoms with E-state index in [2.05, 4.69) is 10.3 Å². The molecule has 0 spiro atoms. The van der Waals surface area contributed by atoms with Crippen molar-refractivity contribution >= 4 is 11.8 Å². The standard InChI is InChI=1S/C16H23N3O2/c1-3-16(4-2)15(21)19(12-8-14(20)18-16)11-7-13-5-9-17-10-6-13/h5-6,9-10H,3-4,7-8,11-12H2,1-2H3,(H,18,20). The summed E-state index contributed by atoms with van der Waals surface area (Å²) in [4.78, 5) is 30.5. The van der Waals surface area contributed by atoms with Crippen LogP contribution in [-0.2, 0) is 16.0 Å². The summed E-state index contributed by atoms with van der Waals surface area (Å²) in [7, 11) is 0. The van der Waals surface area contributed by atoms with Crippen LogP contribution in [0.15, 0.2) is 24.5 Å². The van der Waals surface area contributed by atoms with Crippen molar-refractivity contribution in [1.82, 2.24) is 15.2 Å². The largest absolute Gasteiger partial charge is 0.342 e. The molecule has 1 aromatic rings. The highest BCUT2D eigenvalue weighted by atomic mass is 16.2. The molecule has 1 aromatic heterocycles. The Labute approximate surface area is 125 Å². The van der Waals surface area contributed by atoms with Crippen molar-refractivity contribution in [3.8, 4) is 0 Å². The summed E-state index contributed by atoms with van der Waals surface area (Å²) in [6.45, 7) is 5.04. The highest BCUT2D eigenvalue weighted by molar-refractivity contribution is 5.93. The number of nitrogens with one attached hydrogen (secondary N) is 1. The highest BCUT2D eigenvalue weighted by Gasteiger charge is 2.41. The minimum Gasteiger partial charge on any atom is -0.342 e. The molecule has 0 aliphatic carbocycles. The summed E-state index contributed by atoms with van der Waals surface area (Å²) in [6.07, 6.45) is 5.93. The molecule has 1 N–H and O–H groups in total. The Morgan fingerprint density at radius 2 is 1.90 bits per heavy atom. The molecule has 1 aliphatic heterocycles. The van der Waals surface area contributed by atoms with Gasteiger partial charge >= 0.3 is 0 Å². The number of carbonyl (C=O) groups excluding carboxylic acids is 2. The zero-order valence-electron chi connectivity index (χ0n) is 12.8. The Bertz CT molecular complexity index is 498. The van der Waals surface area contributed by atoms with Gasteiger partial charge in [-0.25, -0.2) is 0 Å². The number of nitrogens with zero attached hydrogens (tertiary/aromatic N) is 2. The topological polar surface area (TPSA) is 62.3 Å². The molecule has 21 heavy (non-hydrogen) atoms. The van der Waals surface area contributed by atoms with Crippen LogP contribution in [0.2, 0.25) is 0 Å². The number of pyridine rings is 1. The third-order valence-corrected chi connectivity index (χ3v) is 4.31. The maximum Gasteiger partial charge on any atom is 0.248 e. The first-order valence-electron chi connectivity index (χ1n) is 7.60. The minimum absolute atomic E-state index is 0.0292. The third-order valence-electron chi connectivity index (χ3n) is 4.31. The fourth-order valence-electron chi connectivity index (χ4n) is 2.78. The van der Waals surface area contributed by atoms with Crippen molar-refractivity contribution in [2.75, 3.05) is 13.1 Å². The molecule has 2 heterocycles. The van der Waals surface area contributed by atoms with Crippen LogP contribution in [0.25, 0.3) is 0 Å². The van der Waals surface area contributed by atoms with Crippen LogP contribution >= 0.6 is 0 Å². The first-order chi connectivity index (χ1) is 10.1. The second kappa shape index (κ2) is 6.70. The lowest BCUT2D eigenvalue weighted by molar-refractivity contribution is -0.139. The molecule has 1 aliphatic rings. The highest BCUT2D eigenvalue weighted by Crippen LogP contribution is 2.22. The van der Waals surface area contributed by atoms with Crippen LogP contribution in [0, 0.1) is 0 Å². The molecule has 1 saturated heterocycles. The maximum atomic E-state index is 12.8. The molecule has 5 nitrogen and oxygen atoms in total. The lowest BCUT2D eigenvalue weighted by atomic mass is 9.91. The Hall–Kier alpha value is -1.91. The van der Waals surface area contributed by atoms with Crippen molar-refractivity contribution in [3.63, 3.8) is 0 Å². The quantitative estimate of drug-likeness (QED) is 0.894. The molecule has 0 bridgehead atoms. The third kappa shape index (κ3) is 3.40. The van der Waals surface area contributed by atoms with Crippen molar-refractivity contribution in [2.45, 2.75) is 45.1 Å². The first-order valence-corrected chi connectivity index (χ1v) is 7.60. The predicted octanol–water partition coefficient (Wildman–Crippen LogP) is 1.53. The molecule has 5 heteroatoms. The summed E-state index contributed by atoms with van der Waals surface area (Å²) < 4.78 is 0. The lowest BCUT2D eigenvalue weighted by Crippen LogP contribution is -2.56. The molecule has 0 aromatic carbocycles. The minimum atomic E-state index is -0.730. The van der Waals surface area contributed by atoms with Gasteiger partial charge in [0.05, 0.1) is 0 Å². The van der Waals surface area contributed by atoms with Gasteiger partial charge in [0, 0.05) is 31.9 Å². The molecule has 0 unspecified atom stereocenters. The van der Waals surface area contributed by atoms with Crippen molar-refractivity contribution in [1.29, 1.82) is 0 Å². The van der Waals surface area contributed by atoms with E-state index in [1.54, 1.807) is 12.4 Å². The van der Waals surface area contributed by atoms with Gasteiger partial charge in [-0.2, -0.15) is 0 Å². The molecule has 0 saturated carbocycles. The summed E-state index contributed by atoms with van der Waals surface area (Å²) in [5, 5.41) is 2.93. The predicted molar refractivity (Wildman–Crippen MR) is 80.6 cm³/mol. The maximum absolute atomic E-state index is 12.8. The molecule has 2 rings (SSSR count). The van der Waals surface area contributed by atoms with Gasteiger partial charge < -0.3 is 10.2 Å². The number of hydrogen-bond donors (Lipinski definition) is 1. The van der Waals surface area contributed by atoms with Gasteiger partial charge in [0.25, 0.3) is 0 Å². The fourth-order valence-corrected chi connectivity index (χ4v) is 2.78. The SMILES string of the molecule is CCC1(CC)NC(=O)CCN(CCc2ccncc2)C1=O. The second-order valence-electron chi connectivity index (χ2n) is 5.49. The zero-order valence-corrected chi connectivity index (χ0v) is 12.8. The fraction of sp³-hybridized carbons (Fsp3) is 0.562. The summed E-state index contributed by atoms with van der Waals surface area (Å²) in [6, 6.07) is 3.91. The van der Waals surface area contributed by atoms with Gasteiger partial charge in [-0.05, 0) is 37.0 Å². The summed E-state index contributed by atoms with van der Waals surface area (Å²) in [5.74, 6) is 0.0193. The van der Waals surface area contributed by atoms with Gasteiger partial charge in [-0.1, -0.05) is 13.8 Å². The average Bonchev–Trinajstić information content (AvgIpc) is 2.64. The van der Waals surface area contributed by atoms with E-state index in [1.807, 2.05) is 30.9 Å². The van der Waals surface area contributed by atoms with Crippen LogP contribution in [0.4, 0.5) is 0 Å². The number of rotatable bonds is 5. The van der Waals surface area contributed by atoms with E-state index in [1.165, 1.54) is 0 Å². The number of amides is 2. The molecule has 0 atom stereocenters.